The molecule has 0 saturated carbocycles. The first-order valence-electron chi connectivity index (χ1n) is 4.30. The Labute approximate surface area is 75.0 Å². The molecule has 60 valence electrons. The number of hydrogen-bond acceptors (Lipinski definition) is 2. The first-order valence-corrected chi connectivity index (χ1v) is 4.30. The summed E-state index contributed by atoms with van der Waals surface area (Å²) < 4.78 is 0. The molecule has 2 nitrogen and oxygen atoms in total. The van der Waals surface area contributed by atoms with E-state index in [-0.39, 0.29) is 0 Å². The fraction of sp³-hybridized carbons (Fsp3) is 0.250. The van der Waals surface area contributed by atoms with E-state index in [0.29, 0.717) is 0 Å². The first kappa shape index (κ1) is 7.59. The first-order chi connectivity index (χ1) is 5.79. The van der Waals surface area contributed by atoms with Crippen LogP contribution in [0, 0.1) is 0 Å². The molecule has 0 saturated heterocycles. The van der Waals surface area contributed by atoms with Gasteiger partial charge in [0.15, 0.2) is 0 Å². The highest BCUT2D eigenvalue weighted by atomic mass is 15.2. The molecule has 12 heavy (non-hydrogen) atoms. The molecule has 0 spiro atoms. The lowest BCUT2D eigenvalue weighted by atomic mass is 10.1. The molecule has 1 aromatic rings. The third kappa shape index (κ3) is 1.07. The van der Waals surface area contributed by atoms with Crippen molar-refractivity contribution in [3.05, 3.63) is 24.3 Å². The molecular formula is C8H12B2N2. The van der Waals surface area contributed by atoms with Crippen LogP contribution in [-0.4, -0.2) is 29.1 Å². The Bertz CT molecular complexity index is 261. The molecule has 1 heterocycles. The van der Waals surface area contributed by atoms with E-state index in [1.807, 2.05) is 0 Å². The van der Waals surface area contributed by atoms with Gasteiger partial charge in [0.05, 0.1) is 0 Å². The van der Waals surface area contributed by atoms with Crippen molar-refractivity contribution in [3.63, 3.8) is 0 Å². The zero-order chi connectivity index (χ0) is 8.55. The summed E-state index contributed by atoms with van der Waals surface area (Å²) in [7, 11) is 4.29. The summed E-state index contributed by atoms with van der Waals surface area (Å²) in [5.74, 6) is 0. The van der Waals surface area contributed by atoms with Crippen LogP contribution in [-0.2, 0) is 0 Å². The van der Waals surface area contributed by atoms with Gasteiger partial charge in [-0.15, -0.1) is 0 Å². The number of nitrogens with zero attached hydrogens (tertiary/aromatic N) is 2. The van der Waals surface area contributed by atoms with Crippen LogP contribution in [0.2, 0.25) is 0 Å². The van der Waals surface area contributed by atoms with Crippen molar-refractivity contribution in [2.75, 3.05) is 22.7 Å². The number of anilines is 2. The summed E-state index contributed by atoms with van der Waals surface area (Å²) in [5, 5.41) is 0. The second kappa shape index (κ2) is 2.77. The van der Waals surface area contributed by atoms with Crippen molar-refractivity contribution in [2.24, 2.45) is 0 Å². The van der Waals surface area contributed by atoms with Crippen molar-refractivity contribution in [3.8, 4) is 0 Å². The SMILES string of the molecule is BN1CCN(B)c2ccccc21. The predicted octanol–water partition coefficient (Wildman–Crippen LogP) is -0.591. The molecule has 4 heteroatoms. The van der Waals surface area contributed by atoms with Crippen LogP contribution >= 0.6 is 0 Å². The summed E-state index contributed by atoms with van der Waals surface area (Å²) in [6.07, 6.45) is 0. The lowest BCUT2D eigenvalue weighted by Crippen LogP contribution is -2.38. The number of fused-ring (bicyclic) bond motifs is 1. The van der Waals surface area contributed by atoms with Gasteiger partial charge in [0.1, 0.15) is 0 Å². The van der Waals surface area contributed by atoms with E-state index >= 15 is 0 Å². The van der Waals surface area contributed by atoms with E-state index < -0.39 is 0 Å². The van der Waals surface area contributed by atoms with E-state index in [2.05, 4.69) is 49.8 Å². The van der Waals surface area contributed by atoms with Gasteiger partial charge < -0.3 is 9.62 Å². The largest absolute Gasteiger partial charge is 0.419 e. The maximum absolute atomic E-state index is 2.30. The molecule has 0 aliphatic carbocycles. The summed E-state index contributed by atoms with van der Waals surface area (Å²) in [6, 6.07) is 8.53. The monoisotopic (exact) mass is 158 g/mol. The van der Waals surface area contributed by atoms with Gasteiger partial charge in [-0.1, -0.05) is 12.1 Å². The molecule has 1 aliphatic heterocycles. The Morgan fingerprint density at radius 1 is 0.917 bits per heavy atom. The highest BCUT2D eigenvalue weighted by Crippen LogP contribution is 2.29. The molecule has 0 unspecified atom stereocenters. The van der Waals surface area contributed by atoms with Crippen molar-refractivity contribution in [1.82, 2.24) is 0 Å². The van der Waals surface area contributed by atoms with Gasteiger partial charge >= 0.3 is 0 Å². The second-order valence-electron chi connectivity index (χ2n) is 3.33. The molecular weight excluding hydrogens is 146 g/mol. The zero-order valence-corrected chi connectivity index (χ0v) is 7.62. The minimum atomic E-state index is 1.12. The average molecular weight is 158 g/mol. The molecule has 0 atom stereocenters. The minimum Gasteiger partial charge on any atom is -0.419 e. The Kier molecular flexibility index (Phi) is 1.75. The van der Waals surface area contributed by atoms with Crippen molar-refractivity contribution in [1.29, 1.82) is 0 Å². The molecule has 0 aromatic heterocycles. The smallest absolute Gasteiger partial charge is 0.217 e. The third-order valence-electron chi connectivity index (χ3n) is 2.48. The van der Waals surface area contributed by atoms with Crippen LogP contribution in [0.15, 0.2) is 24.3 Å². The predicted molar refractivity (Wildman–Crippen MR) is 58.2 cm³/mol. The van der Waals surface area contributed by atoms with E-state index in [1.54, 1.807) is 0 Å². The number of rotatable bonds is 0. The molecule has 0 radical (unpaired) electrons. The third-order valence-corrected chi connectivity index (χ3v) is 2.48. The quantitative estimate of drug-likeness (QED) is 0.465. The van der Waals surface area contributed by atoms with Gasteiger partial charge in [-0.25, -0.2) is 0 Å². The summed E-state index contributed by atoms with van der Waals surface area (Å²) in [4.78, 5) is 4.60. The van der Waals surface area contributed by atoms with E-state index in [0.717, 1.165) is 13.1 Å². The fourth-order valence-electron chi connectivity index (χ4n) is 1.65. The molecule has 1 aliphatic rings. The highest BCUT2D eigenvalue weighted by molar-refractivity contribution is 6.24. The van der Waals surface area contributed by atoms with Crippen LogP contribution in [0.3, 0.4) is 0 Å². The van der Waals surface area contributed by atoms with Crippen molar-refractivity contribution < 1.29 is 0 Å². The molecule has 0 bridgehead atoms. The topological polar surface area (TPSA) is 6.48 Å². The Morgan fingerprint density at radius 2 is 1.33 bits per heavy atom. The minimum absolute atomic E-state index is 1.12. The lowest BCUT2D eigenvalue weighted by molar-refractivity contribution is 0.918. The average Bonchev–Trinajstić information content (AvgIpc) is 2.12. The maximum atomic E-state index is 2.30. The van der Waals surface area contributed by atoms with Crippen LogP contribution in [0.5, 0.6) is 0 Å². The molecule has 0 amide bonds. The zero-order valence-electron chi connectivity index (χ0n) is 7.62. The Morgan fingerprint density at radius 3 is 1.75 bits per heavy atom. The number of para-hydroxylation sites is 2. The summed E-state index contributed by atoms with van der Waals surface area (Å²) in [5.41, 5.74) is 2.68. The van der Waals surface area contributed by atoms with Crippen LogP contribution in [0.4, 0.5) is 11.4 Å². The van der Waals surface area contributed by atoms with Gasteiger partial charge in [-0.2, -0.15) is 0 Å². The molecule has 0 fully saturated rings. The van der Waals surface area contributed by atoms with Crippen LogP contribution < -0.4 is 9.62 Å². The Balaban J connectivity index is 2.47. The van der Waals surface area contributed by atoms with Gasteiger partial charge in [-0.3, -0.25) is 0 Å². The standard InChI is InChI=1S/C8H12B2N2/c9-11-5-6-12(10)8-4-2-1-3-7(8)11/h1-4H,5-6,9-10H2. The number of hydrogen-bond donors (Lipinski definition) is 0. The summed E-state index contributed by atoms with van der Waals surface area (Å²) >= 11 is 0. The van der Waals surface area contributed by atoms with E-state index in [9.17, 15) is 0 Å². The molecule has 2 rings (SSSR count). The van der Waals surface area contributed by atoms with Gasteiger partial charge in [-0.05, 0) is 12.1 Å². The normalized spacial score (nSPS) is 16.0. The lowest BCUT2D eigenvalue weighted by Gasteiger charge is -2.35. The summed E-state index contributed by atoms with van der Waals surface area (Å²) in [6.45, 7) is 2.24. The van der Waals surface area contributed by atoms with Crippen LogP contribution in [0.25, 0.3) is 0 Å². The van der Waals surface area contributed by atoms with Crippen molar-refractivity contribution in [2.45, 2.75) is 0 Å². The van der Waals surface area contributed by atoms with Crippen LogP contribution in [0.1, 0.15) is 0 Å². The molecule has 1 aromatic carbocycles. The van der Waals surface area contributed by atoms with Gasteiger partial charge in [0.2, 0.25) is 16.0 Å². The van der Waals surface area contributed by atoms with E-state index in [1.165, 1.54) is 11.4 Å². The van der Waals surface area contributed by atoms with Crippen molar-refractivity contribution >= 4 is 27.3 Å². The van der Waals surface area contributed by atoms with Gasteiger partial charge in [0, 0.05) is 24.5 Å². The highest BCUT2D eigenvalue weighted by Gasteiger charge is 2.14. The Hall–Kier alpha value is -1.05. The number of benzene rings is 1. The fourth-order valence-corrected chi connectivity index (χ4v) is 1.65. The second-order valence-corrected chi connectivity index (χ2v) is 3.33. The maximum Gasteiger partial charge on any atom is 0.217 e. The van der Waals surface area contributed by atoms with E-state index in [4.69, 9.17) is 0 Å². The molecule has 0 N–H and O–H groups in total. The van der Waals surface area contributed by atoms with Gasteiger partial charge in [0.25, 0.3) is 0 Å².